The summed E-state index contributed by atoms with van der Waals surface area (Å²) in [5, 5.41) is 0. The molecule has 1 unspecified atom stereocenters. The molecule has 1 rings (SSSR count). The van der Waals surface area contributed by atoms with Crippen molar-refractivity contribution in [3.8, 4) is 5.75 Å². The molecule has 0 aliphatic rings. The fourth-order valence-corrected chi connectivity index (χ4v) is 2.52. The first-order valence-electron chi connectivity index (χ1n) is 6.50. The van der Waals surface area contributed by atoms with Crippen LogP contribution in [0.1, 0.15) is 25.0 Å². The number of hydrogen-bond donors (Lipinski definition) is 1. The lowest BCUT2D eigenvalue weighted by atomic mass is 10.0. The van der Waals surface area contributed by atoms with Gasteiger partial charge in [0, 0.05) is 19.6 Å². The van der Waals surface area contributed by atoms with Crippen molar-refractivity contribution < 1.29 is 4.74 Å². The minimum absolute atomic E-state index is 0.320. The highest BCUT2D eigenvalue weighted by Gasteiger charge is 2.21. The average molecular weight is 250 g/mol. The summed E-state index contributed by atoms with van der Waals surface area (Å²) in [5.41, 5.74) is 9.43. The van der Waals surface area contributed by atoms with Crippen LogP contribution in [0, 0.1) is 19.8 Å². The number of rotatable bonds is 5. The molecule has 0 aromatic heterocycles. The lowest BCUT2D eigenvalue weighted by Gasteiger charge is -2.33. The quantitative estimate of drug-likeness (QED) is 0.873. The maximum absolute atomic E-state index is 5.90. The molecule has 1 atom stereocenters. The van der Waals surface area contributed by atoms with Crippen molar-refractivity contribution in [2.45, 2.75) is 33.7 Å². The molecule has 0 aliphatic heterocycles. The Labute approximate surface area is 111 Å². The number of nitrogens with zero attached hydrogens (tertiary/aromatic N) is 1. The van der Waals surface area contributed by atoms with Crippen LogP contribution in [0.15, 0.2) is 12.1 Å². The molecule has 1 aromatic rings. The second-order valence-electron chi connectivity index (χ2n) is 5.29. The van der Waals surface area contributed by atoms with Gasteiger partial charge in [-0.1, -0.05) is 19.9 Å². The summed E-state index contributed by atoms with van der Waals surface area (Å²) >= 11 is 0. The fraction of sp³-hybridized carbons (Fsp3) is 0.600. The van der Waals surface area contributed by atoms with E-state index in [0.29, 0.717) is 18.5 Å². The van der Waals surface area contributed by atoms with Crippen LogP contribution >= 0.6 is 0 Å². The minimum Gasteiger partial charge on any atom is -0.494 e. The molecule has 2 N–H and O–H groups in total. The molecule has 0 amide bonds. The van der Waals surface area contributed by atoms with Crippen molar-refractivity contribution >= 4 is 5.69 Å². The number of aryl methyl sites for hydroxylation is 2. The highest BCUT2D eigenvalue weighted by atomic mass is 16.5. The number of anilines is 1. The fourth-order valence-electron chi connectivity index (χ4n) is 2.52. The van der Waals surface area contributed by atoms with Crippen molar-refractivity contribution in [1.29, 1.82) is 0 Å². The summed E-state index contributed by atoms with van der Waals surface area (Å²) in [6, 6.07) is 4.62. The van der Waals surface area contributed by atoms with E-state index < -0.39 is 0 Å². The molecule has 0 aliphatic carbocycles. The van der Waals surface area contributed by atoms with Gasteiger partial charge in [-0.25, -0.2) is 0 Å². The van der Waals surface area contributed by atoms with E-state index >= 15 is 0 Å². The second kappa shape index (κ2) is 6.10. The summed E-state index contributed by atoms with van der Waals surface area (Å²) in [5.74, 6) is 1.45. The summed E-state index contributed by atoms with van der Waals surface area (Å²) in [6.07, 6.45) is 0. The molecule has 0 bridgehead atoms. The molecule has 0 saturated carbocycles. The lowest BCUT2D eigenvalue weighted by Crippen LogP contribution is -2.42. The van der Waals surface area contributed by atoms with E-state index in [-0.39, 0.29) is 0 Å². The van der Waals surface area contributed by atoms with Gasteiger partial charge in [-0.15, -0.1) is 0 Å². The summed E-state index contributed by atoms with van der Waals surface area (Å²) in [4.78, 5) is 2.24. The Balaban J connectivity index is 3.22. The van der Waals surface area contributed by atoms with E-state index in [1.54, 1.807) is 7.11 Å². The maximum Gasteiger partial charge on any atom is 0.145 e. The van der Waals surface area contributed by atoms with E-state index in [0.717, 1.165) is 11.4 Å². The van der Waals surface area contributed by atoms with Crippen molar-refractivity contribution in [3.63, 3.8) is 0 Å². The van der Waals surface area contributed by atoms with Crippen LogP contribution < -0.4 is 15.4 Å². The topological polar surface area (TPSA) is 38.5 Å². The van der Waals surface area contributed by atoms with Gasteiger partial charge in [0.05, 0.1) is 12.8 Å². The zero-order valence-electron chi connectivity index (χ0n) is 12.4. The third kappa shape index (κ3) is 2.96. The van der Waals surface area contributed by atoms with Crippen LogP contribution in [0.3, 0.4) is 0 Å². The first-order valence-corrected chi connectivity index (χ1v) is 6.50. The van der Waals surface area contributed by atoms with Gasteiger partial charge in [0.2, 0.25) is 0 Å². The van der Waals surface area contributed by atoms with Crippen molar-refractivity contribution in [2.24, 2.45) is 11.7 Å². The van der Waals surface area contributed by atoms with Gasteiger partial charge in [-0.2, -0.15) is 0 Å². The first-order chi connectivity index (χ1) is 8.42. The average Bonchev–Trinajstić information content (AvgIpc) is 2.28. The molecular weight excluding hydrogens is 224 g/mol. The summed E-state index contributed by atoms with van der Waals surface area (Å²) < 4.78 is 5.54. The van der Waals surface area contributed by atoms with Crippen molar-refractivity contribution in [3.05, 3.63) is 23.3 Å². The van der Waals surface area contributed by atoms with Gasteiger partial charge in [-0.3, -0.25) is 0 Å². The molecule has 0 radical (unpaired) electrons. The molecule has 0 heterocycles. The molecule has 0 spiro atoms. The lowest BCUT2D eigenvalue weighted by molar-refractivity contribution is 0.406. The summed E-state index contributed by atoms with van der Waals surface area (Å²) in [6.45, 7) is 9.23. The number of likely N-dealkylation sites (N-methyl/N-ethyl adjacent to an activating group) is 1. The Morgan fingerprint density at radius 2 is 1.89 bits per heavy atom. The standard InChI is InChI=1S/C15H26N2O/c1-10(2)14(9-16)17(5)13-8-11(3)7-12(4)15(13)18-6/h7-8,10,14H,9,16H2,1-6H3. The smallest absolute Gasteiger partial charge is 0.145 e. The Bertz CT molecular complexity index is 402. The summed E-state index contributed by atoms with van der Waals surface area (Å²) in [7, 11) is 3.82. The number of ether oxygens (including phenoxy) is 1. The van der Waals surface area contributed by atoms with Crippen molar-refractivity contribution in [1.82, 2.24) is 0 Å². The molecule has 0 saturated heterocycles. The normalized spacial score (nSPS) is 12.7. The second-order valence-corrected chi connectivity index (χ2v) is 5.29. The van der Waals surface area contributed by atoms with E-state index in [9.17, 15) is 0 Å². The molecule has 18 heavy (non-hydrogen) atoms. The van der Waals surface area contributed by atoms with Gasteiger partial charge in [0.1, 0.15) is 5.75 Å². The molecule has 3 heteroatoms. The Hall–Kier alpha value is -1.22. The van der Waals surface area contributed by atoms with E-state index in [4.69, 9.17) is 10.5 Å². The van der Waals surface area contributed by atoms with Crippen LogP contribution in [-0.4, -0.2) is 26.7 Å². The maximum atomic E-state index is 5.90. The third-order valence-corrected chi connectivity index (χ3v) is 3.49. The number of nitrogens with two attached hydrogens (primary N) is 1. The van der Waals surface area contributed by atoms with Gasteiger partial charge < -0.3 is 15.4 Å². The monoisotopic (exact) mass is 250 g/mol. The highest BCUT2D eigenvalue weighted by molar-refractivity contribution is 5.63. The van der Waals surface area contributed by atoms with Crippen LogP contribution in [0.4, 0.5) is 5.69 Å². The predicted octanol–water partition coefficient (Wildman–Crippen LogP) is 2.73. The van der Waals surface area contributed by atoms with Gasteiger partial charge >= 0.3 is 0 Å². The van der Waals surface area contributed by atoms with Gasteiger partial charge in [-0.05, 0) is 37.0 Å². The SMILES string of the molecule is COc1c(C)cc(C)cc1N(C)C(CN)C(C)C. The highest BCUT2D eigenvalue weighted by Crippen LogP contribution is 2.34. The van der Waals surface area contributed by atoms with Crippen LogP contribution in [-0.2, 0) is 0 Å². The molecular formula is C15H26N2O. The zero-order valence-corrected chi connectivity index (χ0v) is 12.4. The van der Waals surface area contributed by atoms with Crippen LogP contribution in [0.5, 0.6) is 5.75 Å². The predicted molar refractivity (Wildman–Crippen MR) is 78.6 cm³/mol. The van der Waals surface area contributed by atoms with Crippen molar-refractivity contribution in [2.75, 3.05) is 25.6 Å². The molecule has 1 aromatic carbocycles. The van der Waals surface area contributed by atoms with Crippen LogP contribution in [0.2, 0.25) is 0 Å². The largest absolute Gasteiger partial charge is 0.494 e. The van der Waals surface area contributed by atoms with E-state index in [2.05, 4.69) is 51.8 Å². The minimum atomic E-state index is 0.320. The zero-order chi connectivity index (χ0) is 13.9. The van der Waals surface area contributed by atoms with Gasteiger partial charge in [0.15, 0.2) is 0 Å². The molecule has 0 fully saturated rings. The Morgan fingerprint density at radius 1 is 1.28 bits per heavy atom. The van der Waals surface area contributed by atoms with Gasteiger partial charge in [0.25, 0.3) is 0 Å². The Kier molecular flexibility index (Phi) is 5.03. The first kappa shape index (κ1) is 14.8. The third-order valence-electron chi connectivity index (χ3n) is 3.49. The number of methoxy groups -OCH3 is 1. The number of hydrogen-bond acceptors (Lipinski definition) is 3. The molecule has 3 nitrogen and oxygen atoms in total. The number of benzene rings is 1. The van der Waals surface area contributed by atoms with Crippen LogP contribution in [0.25, 0.3) is 0 Å². The van der Waals surface area contributed by atoms with E-state index in [1.807, 2.05) is 0 Å². The van der Waals surface area contributed by atoms with E-state index in [1.165, 1.54) is 11.1 Å². The molecule has 102 valence electrons. The Morgan fingerprint density at radius 3 is 2.33 bits per heavy atom.